The summed E-state index contributed by atoms with van der Waals surface area (Å²) < 4.78 is 4.68. The van der Waals surface area contributed by atoms with Crippen LogP contribution in [0.2, 0.25) is 5.02 Å². The largest absolute Gasteiger partial charge is 0.465 e. The Morgan fingerprint density at radius 3 is 2.48 bits per heavy atom. The number of methoxy groups -OCH3 is 1. The molecule has 124 valence electrons. The Kier molecular flexibility index (Phi) is 5.38. The van der Waals surface area contributed by atoms with Gasteiger partial charge in [0.15, 0.2) is 0 Å². The molecule has 1 aliphatic heterocycles. The van der Waals surface area contributed by atoms with Crippen LogP contribution in [-0.4, -0.2) is 55.8 Å². The van der Waals surface area contributed by atoms with Gasteiger partial charge in [-0.15, -0.1) is 0 Å². The number of hydrogen-bond donors (Lipinski definition) is 0. The van der Waals surface area contributed by atoms with E-state index in [4.69, 9.17) is 11.6 Å². The monoisotopic (exact) mass is 338 g/mol. The summed E-state index contributed by atoms with van der Waals surface area (Å²) in [5.41, 5.74) is 0.746. The molecule has 0 radical (unpaired) electrons. The van der Waals surface area contributed by atoms with Crippen LogP contribution in [0.1, 0.15) is 34.6 Å². The summed E-state index contributed by atoms with van der Waals surface area (Å²) in [4.78, 5) is 39.6. The van der Waals surface area contributed by atoms with Gasteiger partial charge in [-0.25, -0.2) is 4.79 Å². The average Bonchev–Trinajstić information content (AvgIpc) is 2.79. The Balaban J connectivity index is 2.38. The molecule has 7 heteroatoms. The third kappa shape index (κ3) is 3.23. The van der Waals surface area contributed by atoms with E-state index in [9.17, 15) is 14.4 Å². The summed E-state index contributed by atoms with van der Waals surface area (Å²) >= 11 is 6.10. The lowest BCUT2D eigenvalue weighted by Gasteiger charge is -2.23. The lowest BCUT2D eigenvalue weighted by Crippen LogP contribution is -2.38. The van der Waals surface area contributed by atoms with E-state index < -0.39 is 17.7 Å². The summed E-state index contributed by atoms with van der Waals surface area (Å²) in [5, 5.41) is 0.0894. The Bertz CT molecular complexity index is 656. The standard InChI is InChI=1S/C16H19ClN2O4/c1-4-18(5-2)6-7-19-12-9-10(16(22)23-3)8-11(17)13(12)14(20)15(19)21/h8-9H,4-7H2,1-3H3. The number of anilines is 1. The smallest absolute Gasteiger partial charge is 0.337 e. The van der Waals surface area contributed by atoms with E-state index in [1.165, 1.54) is 24.1 Å². The highest BCUT2D eigenvalue weighted by Crippen LogP contribution is 2.35. The van der Waals surface area contributed by atoms with Crippen LogP contribution in [0.4, 0.5) is 5.69 Å². The van der Waals surface area contributed by atoms with Gasteiger partial charge in [-0.3, -0.25) is 9.59 Å². The summed E-state index contributed by atoms with van der Waals surface area (Å²) in [7, 11) is 1.26. The maximum absolute atomic E-state index is 12.2. The first-order valence-electron chi connectivity index (χ1n) is 7.44. The molecule has 1 heterocycles. The van der Waals surface area contributed by atoms with E-state index in [1.54, 1.807) is 0 Å². The van der Waals surface area contributed by atoms with Crippen LogP contribution < -0.4 is 4.90 Å². The zero-order valence-corrected chi connectivity index (χ0v) is 14.1. The Morgan fingerprint density at radius 2 is 1.91 bits per heavy atom. The highest BCUT2D eigenvalue weighted by molar-refractivity contribution is 6.55. The van der Waals surface area contributed by atoms with E-state index >= 15 is 0 Å². The van der Waals surface area contributed by atoms with Crippen molar-refractivity contribution in [1.82, 2.24) is 4.90 Å². The fraction of sp³-hybridized carbons (Fsp3) is 0.438. The summed E-state index contributed by atoms with van der Waals surface area (Å²) in [6.07, 6.45) is 0. The number of likely N-dealkylation sites (N-methyl/N-ethyl adjacent to an activating group) is 1. The van der Waals surface area contributed by atoms with Crippen molar-refractivity contribution in [2.75, 3.05) is 38.2 Å². The Hall–Kier alpha value is -1.92. The molecular formula is C16H19ClN2O4. The molecule has 0 spiro atoms. The lowest BCUT2D eigenvalue weighted by molar-refractivity contribution is -0.114. The fourth-order valence-corrected chi connectivity index (χ4v) is 2.91. The molecule has 2 rings (SSSR count). The molecule has 0 fully saturated rings. The van der Waals surface area contributed by atoms with E-state index in [0.29, 0.717) is 18.8 Å². The van der Waals surface area contributed by atoms with Gasteiger partial charge in [0, 0.05) is 13.1 Å². The van der Waals surface area contributed by atoms with Crippen molar-refractivity contribution in [3.8, 4) is 0 Å². The van der Waals surface area contributed by atoms with Crippen LogP contribution in [0.5, 0.6) is 0 Å². The topological polar surface area (TPSA) is 66.9 Å². The number of amides is 1. The Morgan fingerprint density at radius 1 is 1.26 bits per heavy atom. The molecule has 6 nitrogen and oxygen atoms in total. The quantitative estimate of drug-likeness (QED) is 0.586. The number of nitrogens with zero attached hydrogens (tertiary/aromatic N) is 2. The molecule has 0 saturated heterocycles. The number of rotatable bonds is 6. The van der Waals surface area contributed by atoms with Gasteiger partial charge in [0.1, 0.15) is 0 Å². The third-order valence-corrected chi connectivity index (χ3v) is 4.28. The van der Waals surface area contributed by atoms with Crippen molar-refractivity contribution in [3.63, 3.8) is 0 Å². The zero-order chi connectivity index (χ0) is 17.1. The molecule has 1 aliphatic rings. The van der Waals surface area contributed by atoms with Crippen molar-refractivity contribution >= 4 is 34.9 Å². The molecule has 0 bridgehead atoms. The molecule has 0 atom stereocenters. The van der Waals surface area contributed by atoms with Gasteiger partial charge in [0.05, 0.1) is 28.9 Å². The molecule has 0 N–H and O–H groups in total. The molecule has 1 aromatic rings. The molecule has 1 aromatic carbocycles. The van der Waals surface area contributed by atoms with Crippen molar-refractivity contribution in [1.29, 1.82) is 0 Å². The van der Waals surface area contributed by atoms with Crippen LogP contribution in [-0.2, 0) is 9.53 Å². The van der Waals surface area contributed by atoms with E-state index in [-0.39, 0.29) is 16.1 Å². The van der Waals surface area contributed by atoms with Gasteiger partial charge in [-0.2, -0.15) is 0 Å². The number of halogens is 1. The van der Waals surface area contributed by atoms with Crippen LogP contribution in [0.3, 0.4) is 0 Å². The fourth-order valence-electron chi connectivity index (χ4n) is 2.61. The van der Waals surface area contributed by atoms with Crippen LogP contribution in [0.15, 0.2) is 12.1 Å². The summed E-state index contributed by atoms with van der Waals surface area (Å²) in [6, 6.07) is 2.84. The lowest BCUT2D eigenvalue weighted by atomic mass is 10.1. The van der Waals surface area contributed by atoms with Gasteiger partial charge < -0.3 is 14.5 Å². The predicted molar refractivity (Wildman–Crippen MR) is 87.3 cm³/mol. The predicted octanol–water partition coefficient (Wildman–Crippen LogP) is 2.00. The first-order valence-corrected chi connectivity index (χ1v) is 7.82. The van der Waals surface area contributed by atoms with E-state index in [1.807, 2.05) is 13.8 Å². The van der Waals surface area contributed by atoms with E-state index in [2.05, 4.69) is 9.64 Å². The summed E-state index contributed by atoms with van der Waals surface area (Å²) in [5.74, 6) is -1.82. The Labute approximate surface area is 139 Å². The van der Waals surface area contributed by atoms with Crippen molar-refractivity contribution in [2.45, 2.75) is 13.8 Å². The number of hydrogen-bond acceptors (Lipinski definition) is 5. The van der Waals surface area contributed by atoms with Gasteiger partial charge in [-0.05, 0) is 25.2 Å². The molecule has 1 amide bonds. The number of ketones is 1. The van der Waals surface area contributed by atoms with Crippen molar-refractivity contribution in [3.05, 3.63) is 28.3 Å². The number of esters is 1. The SMILES string of the molecule is CCN(CC)CCN1C(=O)C(=O)c2c(Cl)cc(C(=O)OC)cc21. The highest BCUT2D eigenvalue weighted by Gasteiger charge is 2.38. The number of Topliss-reactive ketones (excluding diaryl/α,β-unsaturated/α-hetero) is 1. The molecule has 23 heavy (non-hydrogen) atoms. The minimum absolute atomic E-state index is 0.0894. The van der Waals surface area contributed by atoms with Crippen LogP contribution in [0, 0.1) is 0 Å². The minimum atomic E-state index is -0.638. The molecule has 0 saturated carbocycles. The first-order chi connectivity index (χ1) is 10.9. The van der Waals surface area contributed by atoms with Crippen LogP contribution >= 0.6 is 11.6 Å². The second-order valence-corrected chi connectivity index (χ2v) is 5.56. The average molecular weight is 339 g/mol. The second-order valence-electron chi connectivity index (χ2n) is 5.16. The maximum Gasteiger partial charge on any atom is 0.337 e. The number of fused-ring (bicyclic) bond motifs is 1. The zero-order valence-electron chi connectivity index (χ0n) is 13.4. The minimum Gasteiger partial charge on any atom is -0.465 e. The molecule has 0 aromatic heterocycles. The van der Waals surface area contributed by atoms with Gasteiger partial charge in [-0.1, -0.05) is 25.4 Å². The molecular weight excluding hydrogens is 320 g/mol. The number of benzene rings is 1. The maximum atomic E-state index is 12.2. The number of ether oxygens (including phenoxy) is 1. The highest BCUT2D eigenvalue weighted by atomic mass is 35.5. The number of carbonyl (C=O) groups excluding carboxylic acids is 3. The van der Waals surface area contributed by atoms with Gasteiger partial charge in [0.2, 0.25) is 0 Å². The molecule has 0 aliphatic carbocycles. The normalized spacial score (nSPS) is 13.7. The van der Waals surface area contributed by atoms with Crippen molar-refractivity contribution < 1.29 is 19.1 Å². The van der Waals surface area contributed by atoms with Gasteiger partial charge >= 0.3 is 5.97 Å². The summed E-state index contributed by atoms with van der Waals surface area (Å²) in [6.45, 7) is 6.75. The van der Waals surface area contributed by atoms with Gasteiger partial charge in [0.25, 0.3) is 11.7 Å². The number of carbonyl (C=O) groups is 3. The van der Waals surface area contributed by atoms with Crippen molar-refractivity contribution in [2.24, 2.45) is 0 Å². The second kappa shape index (κ2) is 7.10. The third-order valence-electron chi connectivity index (χ3n) is 3.98. The molecule has 0 unspecified atom stereocenters. The van der Waals surface area contributed by atoms with Crippen LogP contribution in [0.25, 0.3) is 0 Å². The van der Waals surface area contributed by atoms with E-state index in [0.717, 1.165) is 13.1 Å². The first kappa shape index (κ1) is 17.4.